The fourth-order valence-electron chi connectivity index (χ4n) is 0.635. The molecule has 0 aliphatic carbocycles. The highest BCUT2D eigenvalue weighted by molar-refractivity contribution is 8.01. The van der Waals surface area contributed by atoms with E-state index in [9.17, 15) is 9.59 Å². The summed E-state index contributed by atoms with van der Waals surface area (Å²) in [5.41, 5.74) is 5.37. The second kappa shape index (κ2) is 4.48. The number of carboxylic acids is 2. The third-order valence-electron chi connectivity index (χ3n) is 1.58. The highest BCUT2D eigenvalue weighted by Gasteiger charge is 2.32. The summed E-state index contributed by atoms with van der Waals surface area (Å²) in [6.07, 6.45) is 0. The van der Waals surface area contributed by atoms with Gasteiger partial charge in [0.15, 0.2) is 0 Å². The molecule has 0 amide bonds. The molecular formula is C7H13NO4S. The number of carboxylic acid groups (broad SMARTS) is 2. The van der Waals surface area contributed by atoms with Crippen molar-refractivity contribution in [2.24, 2.45) is 5.73 Å². The predicted octanol–water partition coefficient (Wildman–Crippen LogP) is -0.00530. The van der Waals surface area contributed by atoms with E-state index in [0.29, 0.717) is 0 Å². The lowest BCUT2D eigenvalue weighted by Crippen LogP contribution is -2.47. The molecule has 0 fully saturated rings. The largest absolute Gasteiger partial charge is 0.481 e. The summed E-state index contributed by atoms with van der Waals surface area (Å²) in [6, 6.07) is -1.06. The Labute approximate surface area is 80.3 Å². The van der Waals surface area contributed by atoms with Gasteiger partial charge >= 0.3 is 11.9 Å². The number of thioether (sulfide) groups is 1. The Hall–Kier alpha value is -0.750. The molecule has 0 aliphatic heterocycles. The van der Waals surface area contributed by atoms with Crippen molar-refractivity contribution in [2.45, 2.75) is 24.6 Å². The van der Waals surface area contributed by atoms with Crippen LogP contribution in [0.1, 0.15) is 13.8 Å². The van der Waals surface area contributed by atoms with Gasteiger partial charge < -0.3 is 15.9 Å². The minimum absolute atomic E-state index is 0.145. The third-order valence-corrected chi connectivity index (χ3v) is 2.97. The van der Waals surface area contributed by atoms with Gasteiger partial charge in [0, 0.05) is 4.75 Å². The van der Waals surface area contributed by atoms with Crippen LogP contribution in [0.2, 0.25) is 0 Å². The van der Waals surface area contributed by atoms with Crippen LogP contribution in [-0.2, 0) is 9.59 Å². The van der Waals surface area contributed by atoms with Crippen LogP contribution < -0.4 is 5.73 Å². The topological polar surface area (TPSA) is 101 Å². The molecule has 4 N–H and O–H groups in total. The van der Waals surface area contributed by atoms with Crippen molar-refractivity contribution >= 4 is 23.7 Å². The average molecular weight is 207 g/mol. The lowest BCUT2D eigenvalue weighted by Gasteiger charge is -2.27. The zero-order valence-corrected chi connectivity index (χ0v) is 8.30. The number of aliphatic carboxylic acids is 2. The van der Waals surface area contributed by atoms with Gasteiger partial charge in [-0.3, -0.25) is 9.59 Å². The van der Waals surface area contributed by atoms with Crippen LogP contribution in [0.25, 0.3) is 0 Å². The monoisotopic (exact) mass is 207 g/mol. The molecular weight excluding hydrogens is 194 g/mol. The Morgan fingerprint density at radius 1 is 1.46 bits per heavy atom. The molecule has 0 spiro atoms. The summed E-state index contributed by atoms with van der Waals surface area (Å²) in [5, 5.41) is 17.0. The van der Waals surface area contributed by atoms with Crippen LogP contribution in [0, 0.1) is 0 Å². The van der Waals surface area contributed by atoms with Gasteiger partial charge in [0.25, 0.3) is 0 Å². The van der Waals surface area contributed by atoms with Gasteiger partial charge in [0.05, 0.1) is 5.75 Å². The number of hydrogen-bond acceptors (Lipinski definition) is 4. The highest BCUT2D eigenvalue weighted by Crippen LogP contribution is 2.26. The molecule has 0 aromatic heterocycles. The van der Waals surface area contributed by atoms with Crippen LogP contribution in [0.3, 0.4) is 0 Å². The molecule has 0 bridgehead atoms. The Bertz CT molecular complexity index is 217. The molecule has 0 aromatic rings. The number of carbonyl (C=O) groups is 2. The van der Waals surface area contributed by atoms with Crippen molar-refractivity contribution in [3.05, 3.63) is 0 Å². The summed E-state index contributed by atoms with van der Waals surface area (Å²) in [7, 11) is 0. The molecule has 0 rings (SSSR count). The van der Waals surface area contributed by atoms with E-state index in [1.54, 1.807) is 13.8 Å². The summed E-state index contributed by atoms with van der Waals surface area (Å²) in [4.78, 5) is 20.7. The molecule has 5 nitrogen and oxygen atoms in total. The molecule has 1 unspecified atom stereocenters. The van der Waals surface area contributed by atoms with E-state index in [1.165, 1.54) is 0 Å². The van der Waals surface area contributed by atoms with E-state index in [1.807, 2.05) is 0 Å². The van der Waals surface area contributed by atoms with E-state index >= 15 is 0 Å². The molecule has 0 aliphatic rings. The first-order valence-electron chi connectivity index (χ1n) is 3.61. The van der Waals surface area contributed by atoms with Crippen molar-refractivity contribution in [2.75, 3.05) is 5.75 Å². The van der Waals surface area contributed by atoms with Crippen LogP contribution >= 0.6 is 11.8 Å². The van der Waals surface area contributed by atoms with E-state index in [4.69, 9.17) is 15.9 Å². The van der Waals surface area contributed by atoms with Crippen molar-refractivity contribution in [1.82, 2.24) is 0 Å². The molecule has 0 saturated heterocycles. The minimum Gasteiger partial charge on any atom is -0.481 e. The van der Waals surface area contributed by atoms with Gasteiger partial charge in [-0.2, -0.15) is 0 Å². The van der Waals surface area contributed by atoms with Crippen LogP contribution in [0.4, 0.5) is 0 Å². The predicted molar refractivity (Wildman–Crippen MR) is 49.8 cm³/mol. The zero-order valence-electron chi connectivity index (χ0n) is 7.48. The maximum absolute atomic E-state index is 10.5. The quantitative estimate of drug-likeness (QED) is 0.586. The van der Waals surface area contributed by atoms with Crippen molar-refractivity contribution in [1.29, 1.82) is 0 Å². The second-order valence-electron chi connectivity index (χ2n) is 3.10. The molecule has 1 atom stereocenters. The van der Waals surface area contributed by atoms with Crippen LogP contribution in [-0.4, -0.2) is 38.7 Å². The average Bonchev–Trinajstić information content (AvgIpc) is 1.99. The molecule has 0 saturated carbocycles. The maximum Gasteiger partial charge on any atom is 0.321 e. The second-order valence-corrected chi connectivity index (χ2v) is 4.73. The number of nitrogens with two attached hydrogens (primary N) is 1. The van der Waals surface area contributed by atoms with Gasteiger partial charge in [-0.05, 0) is 13.8 Å². The molecule has 6 heteroatoms. The smallest absolute Gasteiger partial charge is 0.321 e. The van der Waals surface area contributed by atoms with Gasteiger partial charge in [-0.1, -0.05) is 0 Å². The Morgan fingerprint density at radius 2 is 1.92 bits per heavy atom. The zero-order chi connectivity index (χ0) is 10.6. The molecule has 13 heavy (non-hydrogen) atoms. The third kappa shape index (κ3) is 4.14. The first-order chi connectivity index (χ1) is 5.77. The SMILES string of the molecule is CC(C)(SCC(=O)O)C(N)C(=O)O. The van der Waals surface area contributed by atoms with Gasteiger partial charge in [0.1, 0.15) is 6.04 Å². The first kappa shape index (κ1) is 12.2. The molecule has 0 aromatic carbocycles. The summed E-state index contributed by atoms with van der Waals surface area (Å²) in [5.74, 6) is -2.24. The van der Waals surface area contributed by atoms with Crippen molar-refractivity contribution < 1.29 is 19.8 Å². The van der Waals surface area contributed by atoms with E-state index in [0.717, 1.165) is 11.8 Å². The standard InChI is InChI=1S/C7H13NO4S/c1-7(2,5(8)6(11)12)13-3-4(9)10/h5H,3,8H2,1-2H3,(H,9,10)(H,11,12). The van der Waals surface area contributed by atoms with Crippen LogP contribution in [0.5, 0.6) is 0 Å². The summed E-state index contributed by atoms with van der Waals surface area (Å²) >= 11 is 1.02. The molecule has 0 heterocycles. The highest BCUT2D eigenvalue weighted by atomic mass is 32.2. The van der Waals surface area contributed by atoms with Crippen molar-refractivity contribution in [3.63, 3.8) is 0 Å². The van der Waals surface area contributed by atoms with Crippen LogP contribution in [0.15, 0.2) is 0 Å². The minimum atomic E-state index is -1.12. The summed E-state index contributed by atoms with van der Waals surface area (Å²) in [6.45, 7) is 3.22. The Balaban J connectivity index is 4.21. The maximum atomic E-state index is 10.5. The summed E-state index contributed by atoms with van der Waals surface area (Å²) < 4.78 is -0.774. The normalized spacial score (nSPS) is 13.8. The Morgan fingerprint density at radius 3 is 2.23 bits per heavy atom. The molecule has 0 radical (unpaired) electrons. The van der Waals surface area contributed by atoms with Gasteiger partial charge in [-0.15, -0.1) is 11.8 Å². The lowest BCUT2D eigenvalue weighted by molar-refractivity contribution is -0.139. The van der Waals surface area contributed by atoms with Crippen molar-refractivity contribution in [3.8, 4) is 0 Å². The van der Waals surface area contributed by atoms with E-state index < -0.39 is 22.7 Å². The number of hydrogen-bond donors (Lipinski definition) is 3. The van der Waals surface area contributed by atoms with Gasteiger partial charge in [0.2, 0.25) is 0 Å². The fourth-order valence-corrected chi connectivity index (χ4v) is 1.41. The Kier molecular flexibility index (Phi) is 4.22. The molecule has 76 valence electrons. The fraction of sp³-hybridized carbons (Fsp3) is 0.714. The van der Waals surface area contributed by atoms with E-state index in [-0.39, 0.29) is 5.75 Å². The lowest BCUT2D eigenvalue weighted by atomic mass is 10.1. The number of rotatable bonds is 5. The van der Waals surface area contributed by atoms with Gasteiger partial charge in [-0.25, -0.2) is 0 Å². The first-order valence-corrected chi connectivity index (χ1v) is 4.60. The van der Waals surface area contributed by atoms with E-state index in [2.05, 4.69) is 0 Å².